The van der Waals surface area contributed by atoms with Gasteiger partial charge in [-0.3, -0.25) is 4.90 Å². The predicted molar refractivity (Wildman–Crippen MR) is 115 cm³/mol. The van der Waals surface area contributed by atoms with Crippen molar-refractivity contribution in [1.29, 1.82) is 0 Å². The van der Waals surface area contributed by atoms with Crippen LogP contribution in [0.2, 0.25) is 0 Å². The number of halogens is 4. The van der Waals surface area contributed by atoms with Crippen molar-refractivity contribution in [2.75, 3.05) is 26.2 Å². The van der Waals surface area contributed by atoms with Gasteiger partial charge in [-0.1, -0.05) is 29.4 Å². The number of benzene rings is 2. The molecule has 2 heterocycles. The number of hydrogen-bond acceptors (Lipinski definition) is 6. The van der Waals surface area contributed by atoms with E-state index in [1.54, 1.807) is 26.0 Å². The molecule has 1 atom stereocenters. The largest absolute Gasteiger partial charge is 0.417 e. The van der Waals surface area contributed by atoms with Crippen LogP contribution in [-0.2, 0) is 16.2 Å². The molecule has 3 aromatic rings. The molecule has 34 heavy (non-hydrogen) atoms. The molecule has 4 rings (SSSR count). The first kappa shape index (κ1) is 24.3. The fraction of sp³-hybridized carbons (Fsp3) is 0.364. The highest BCUT2D eigenvalue weighted by Crippen LogP contribution is 2.35. The maximum atomic E-state index is 13.9. The molecule has 182 valence electrons. The third-order valence-corrected chi connectivity index (χ3v) is 7.82. The fourth-order valence-corrected chi connectivity index (χ4v) is 5.44. The van der Waals surface area contributed by atoms with Crippen molar-refractivity contribution in [2.45, 2.75) is 31.0 Å². The minimum Gasteiger partial charge on any atom is -0.337 e. The first-order valence-electron chi connectivity index (χ1n) is 10.5. The lowest BCUT2D eigenvalue weighted by Crippen LogP contribution is -2.49. The maximum absolute atomic E-state index is 13.9. The van der Waals surface area contributed by atoms with Crippen molar-refractivity contribution in [3.63, 3.8) is 0 Å². The molecule has 12 heteroatoms. The second kappa shape index (κ2) is 9.08. The molecular formula is C22H22F4N4O3S. The third kappa shape index (κ3) is 4.70. The molecule has 0 saturated carbocycles. The van der Waals surface area contributed by atoms with Gasteiger partial charge in [-0.05, 0) is 37.6 Å². The normalized spacial score (nSPS) is 17.1. The van der Waals surface area contributed by atoms with Gasteiger partial charge in [0.25, 0.3) is 0 Å². The predicted octanol–water partition coefficient (Wildman–Crippen LogP) is 4.27. The van der Waals surface area contributed by atoms with Gasteiger partial charge in [0.05, 0.1) is 16.5 Å². The van der Waals surface area contributed by atoms with E-state index in [4.69, 9.17) is 4.52 Å². The summed E-state index contributed by atoms with van der Waals surface area (Å²) in [6, 6.07) is 8.40. The molecular weight excluding hydrogens is 476 g/mol. The van der Waals surface area contributed by atoms with Crippen molar-refractivity contribution in [3.8, 4) is 11.4 Å². The zero-order chi connectivity index (χ0) is 24.7. The highest BCUT2D eigenvalue weighted by atomic mass is 32.2. The number of rotatable bonds is 5. The Labute approximate surface area is 194 Å². The van der Waals surface area contributed by atoms with Crippen molar-refractivity contribution in [2.24, 2.45) is 0 Å². The van der Waals surface area contributed by atoms with Crippen LogP contribution in [0.5, 0.6) is 0 Å². The molecule has 1 aliphatic heterocycles. The smallest absolute Gasteiger partial charge is 0.337 e. The van der Waals surface area contributed by atoms with E-state index in [-0.39, 0.29) is 49.8 Å². The van der Waals surface area contributed by atoms with E-state index in [2.05, 4.69) is 10.1 Å². The van der Waals surface area contributed by atoms with Crippen LogP contribution in [0.15, 0.2) is 51.9 Å². The molecule has 0 unspecified atom stereocenters. The highest BCUT2D eigenvalue weighted by Gasteiger charge is 2.40. The molecule has 1 aliphatic rings. The highest BCUT2D eigenvalue weighted by molar-refractivity contribution is 7.89. The van der Waals surface area contributed by atoms with Gasteiger partial charge in [0.1, 0.15) is 5.82 Å². The summed E-state index contributed by atoms with van der Waals surface area (Å²) in [7, 11) is -4.33. The summed E-state index contributed by atoms with van der Waals surface area (Å²) in [5, 5.41) is 3.91. The van der Waals surface area contributed by atoms with Crippen molar-refractivity contribution in [1.82, 2.24) is 19.3 Å². The Morgan fingerprint density at radius 2 is 1.74 bits per heavy atom. The van der Waals surface area contributed by atoms with E-state index in [1.165, 1.54) is 12.1 Å². The number of piperazine rings is 1. The van der Waals surface area contributed by atoms with Gasteiger partial charge in [0.2, 0.25) is 21.7 Å². The van der Waals surface area contributed by atoms with E-state index in [0.717, 1.165) is 22.5 Å². The maximum Gasteiger partial charge on any atom is 0.417 e. The summed E-state index contributed by atoms with van der Waals surface area (Å²) < 4.78 is 86.1. The molecule has 0 spiro atoms. The average molecular weight is 499 g/mol. The van der Waals surface area contributed by atoms with Crippen LogP contribution in [0.4, 0.5) is 17.6 Å². The van der Waals surface area contributed by atoms with Crippen LogP contribution >= 0.6 is 0 Å². The summed E-state index contributed by atoms with van der Waals surface area (Å²) >= 11 is 0. The molecule has 1 aromatic heterocycles. The monoisotopic (exact) mass is 498 g/mol. The van der Waals surface area contributed by atoms with Gasteiger partial charge in [-0.2, -0.15) is 22.5 Å². The lowest BCUT2D eigenvalue weighted by molar-refractivity contribution is -0.139. The van der Waals surface area contributed by atoms with Crippen LogP contribution in [0.25, 0.3) is 11.4 Å². The van der Waals surface area contributed by atoms with Crippen LogP contribution in [-0.4, -0.2) is 53.9 Å². The molecule has 0 N–H and O–H groups in total. The van der Waals surface area contributed by atoms with Gasteiger partial charge < -0.3 is 4.52 Å². The summed E-state index contributed by atoms with van der Waals surface area (Å²) in [5.41, 5.74) is -0.229. The SMILES string of the molecule is Cc1ccc(-c2noc([C@H](C)N3CCN(S(=O)(=O)c4ccccc4C(F)(F)F)CC3)n2)cc1F. The second-order valence-corrected chi connectivity index (χ2v) is 9.94. The van der Waals surface area contributed by atoms with Gasteiger partial charge in [0.15, 0.2) is 0 Å². The number of hydrogen-bond donors (Lipinski definition) is 0. The van der Waals surface area contributed by atoms with Crippen molar-refractivity contribution < 1.29 is 30.5 Å². The Morgan fingerprint density at radius 1 is 1.06 bits per heavy atom. The fourth-order valence-electron chi connectivity index (χ4n) is 3.81. The first-order chi connectivity index (χ1) is 16.0. The van der Waals surface area contributed by atoms with E-state index in [9.17, 15) is 26.0 Å². The zero-order valence-electron chi connectivity index (χ0n) is 18.4. The molecule has 2 aromatic carbocycles. The molecule has 1 saturated heterocycles. The number of nitrogens with zero attached hydrogens (tertiary/aromatic N) is 4. The van der Waals surface area contributed by atoms with Gasteiger partial charge in [-0.25, -0.2) is 12.8 Å². The lowest BCUT2D eigenvalue weighted by atomic mass is 10.1. The van der Waals surface area contributed by atoms with Gasteiger partial charge >= 0.3 is 6.18 Å². The Bertz CT molecular complexity index is 1290. The third-order valence-electron chi connectivity index (χ3n) is 5.86. The van der Waals surface area contributed by atoms with Crippen molar-refractivity contribution >= 4 is 10.0 Å². The molecule has 0 aliphatic carbocycles. The first-order valence-corrected chi connectivity index (χ1v) is 11.9. The van der Waals surface area contributed by atoms with Gasteiger partial charge in [0, 0.05) is 31.7 Å². The van der Waals surface area contributed by atoms with E-state index in [0.29, 0.717) is 11.1 Å². The Hall–Kier alpha value is -2.83. The molecule has 0 radical (unpaired) electrons. The number of sulfonamides is 1. The standard InChI is InChI=1S/C22H22F4N4O3S/c1-14-7-8-16(13-18(14)23)20-27-21(33-28-20)15(2)29-9-11-30(12-10-29)34(31,32)19-6-4-3-5-17(19)22(24,25)26/h3-8,13,15H,9-12H2,1-2H3/t15-/m0/s1. The van der Waals surface area contributed by atoms with E-state index in [1.807, 2.05) is 4.90 Å². The molecule has 0 bridgehead atoms. The number of aryl methyl sites for hydroxylation is 1. The molecule has 1 fully saturated rings. The molecule has 0 amide bonds. The Morgan fingerprint density at radius 3 is 2.38 bits per heavy atom. The second-order valence-electron chi connectivity index (χ2n) is 8.03. The Kier molecular flexibility index (Phi) is 6.49. The van der Waals surface area contributed by atoms with Crippen LogP contribution in [0, 0.1) is 12.7 Å². The molecule has 7 nitrogen and oxygen atoms in total. The van der Waals surface area contributed by atoms with Crippen molar-refractivity contribution in [3.05, 3.63) is 65.3 Å². The summed E-state index contributed by atoms with van der Waals surface area (Å²) in [6.07, 6.45) is -4.78. The number of alkyl halides is 3. The topological polar surface area (TPSA) is 79.5 Å². The quantitative estimate of drug-likeness (QED) is 0.489. The summed E-state index contributed by atoms with van der Waals surface area (Å²) in [5.74, 6) is 0.113. The minimum atomic E-state index is -4.78. The van der Waals surface area contributed by atoms with Crippen LogP contribution in [0.3, 0.4) is 0 Å². The minimum absolute atomic E-state index is 0.00301. The van der Waals surface area contributed by atoms with Crippen LogP contribution in [0.1, 0.15) is 30.0 Å². The zero-order valence-corrected chi connectivity index (χ0v) is 19.2. The Balaban J connectivity index is 1.46. The average Bonchev–Trinajstić information content (AvgIpc) is 3.30. The van der Waals surface area contributed by atoms with E-state index < -0.39 is 26.7 Å². The van der Waals surface area contributed by atoms with E-state index >= 15 is 0 Å². The number of aromatic nitrogens is 2. The van der Waals surface area contributed by atoms with Gasteiger partial charge in [-0.15, -0.1) is 0 Å². The summed E-state index contributed by atoms with van der Waals surface area (Å²) in [6.45, 7) is 3.96. The lowest BCUT2D eigenvalue weighted by Gasteiger charge is -2.36. The van der Waals surface area contributed by atoms with Crippen LogP contribution < -0.4 is 0 Å². The summed E-state index contributed by atoms with van der Waals surface area (Å²) in [4.78, 5) is 5.48.